The molecule has 1 N–H and O–H groups in total. The molecule has 37 heavy (non-hydrogen) atoms. The molecule has 198 valence electrons. The molecule has 0 fully saturated rings. The fourth-order valence-electron chi connectivity index (χ4n) is 6.13. The summed E-state index contributed by atoms with van der Waals surface area (Å²) >= 11 is 0. The Bertz CT molecular complexity index is 1500. The number of benzene rings is 2. The minimum Gasteiger partial charge on any atom is -0.748 e. The van der Waals surface area contributed by atoms with Crippen molar-refractivity contribution in [3.8, 4) is 11.5 Å². The lowest BCUT2D eigenvalue weighted by molar-refractivity contribution is 0.355. The molecule has 0 amide bonds. The highest BCUT2D eigenvalue weighted by molar-refractivity contribution is 7.85. The van der Waals surface area contributed by atoms with Crippen molar-refractivity contribution in [1.82, 2.24) is 4.58 Å². The average Bonchev–Trinajstić information content (AvgIpc) is 2.80. The Kier molecular flexibility index (Phi) is 6.56. The van der Waals surface area contributed by atoms with Crippen molar-refractivity contribution < 1.29 is 22.8 Å². The quantitative estimate of drug-likeness (QED) is 0.287. The van der Waals surface area contributed by atoms with E-state index in [1.165, 1.54) is 10.9 Å². The van der Waals surface area contributed by atoms with Crippen molar-refractivity contribution in [3.05, 3.63) is 58.4 Å². The number of aryl methyl sites for hydroxylation is 1. The van der Waals surface area contributed by atoms with E-state index in [9.17, 15) is 18.1 Å². The SMILES string of the molecule is C=C(O)CCCN1c2cc3c(cc2C(CS(=O)(=O)[O-])CC1(C)C)N=c1cc2c(cc1O3)=[N+](CC)CCC2. The first-order chi connectivity index (χ1) is 17.4. The van der Waals surface area contributed by atoms with Gasteiger partial charge in [-0.3, -0.25) is 0 Å². The van der Waals surface area contributed by atoms with E-state index in [2.05, 4.69) is 49.0 Å². The molecule has 3 aliphatic rings. The highest BCUT2D eigenvalue weighted by atomic mass is 32.2. The smallest absolute Gasteiger partial charge is 0.207 e. The van der Waals surface area contributed by atoms with Gasteiger partial charge in [0.15, 0.2) is 11.5 Å². The van der Waals surface area contributed by atoms with E-state index in [0.29, 0.717) is 43.0 Å². The van der Waals surface area contributed by atoms with Gasteiger partial charge in [-0.05, 0) is 57.7 Å². The first kappa shape index (κ1) is 25.7. The molecule has 2 aromatic rings. The highest BCUT2D eigenvalue weighted by Crippen LogP contribution is 2.49. The molecule has 0 bridgehead atoms. The monoisotopic (exact) mass is 525 g/mol. The number of hydrogen-bond acceptors (Lipinski definition) is 7. The van der Waals surface area contributed by atoms with E-state index < -0.39 is 27.3 Å². The largest absolute Gasteiger partial charge is 0.748 e. The molecule has 1 unspecified atom stereocenters. The van der Waals surface area contributed by atoms with Crippen LogP contribution < -0.4 is 24.9 Å². The van der Waals surface area contributed by atoms with Crippen LogP contribution in [0.25, 0.3) is 0 Å². The van der Waals surface area contributed by atoms with E-state index in [0.717, 1.165) is 42.5 Å². The van der Waals surface area contributed by atoms with Gasteiger partial charge in [0, 0.05) is 53.9 Å². The zero-order valence-corrected chi connectivity index (χ0v) is 22.6. The highest BCUT2D eigenvalue weighted by Gasteiger charge is 2.39. The lowest BCUT2D eigenvalue weighted by atomic mass is 9.79. The fourth-order valence-corrected chi connectivity index (χ4v) is 6.92. The molecular weight excluding hydrogens is 490 g/mol. The number of fused-ring (bicyclic) bond motifs is 4. The third-order valence-electron chi connectivity index (χ3n) is 7.79. The first-order valence-corrected chi connectivity index (χ1v) is 14.6. The Balaban J connectivity index is 1.64. The predicted molar refractivity (Wildman–Crippen MR) is 143 cm³/mol. The molecule has 8 nitrogen and oxygen atoms in total. The molecule has 0 saturated heterocycles. The summed E-state index contributed by atoms with van der Waals surface area (Å²) in [7, 11) is -4.43. The van der Waals surface area contributed by atoms with Gasteiger partial charge in [-0.25, -0.2) is 18.0 Å². The van der Waals surface area contributed by atoms with Gasteiger partial charge >= 0.3 is 0 Å². The van der Waals surface area contributed by atoms with Gasteiger partial charge in [0.1, 0.15) is 24.1 Å². The van der Waals surface area contributed by atoms with Crippen LogP contribution in [0.5, 0.6) is 11.5 Å². The summed E-state index contributed by atoms with van der Waals surface area (Å²) in [5.74, 6) is 0.562. The van der Waals surface area contributed by atoms with Gasteiger partial charge in [0.2, 0.25) is 5.36 Å². The minimum absolute atomic E-state index is 0.138. The second-order valence-electron chi connectivity index (χ2n) is 11.0. The van der Waals surface area contributed by atoms with Gasteiger partial charge in [-0.15, -0.1) is 0 Å². The van der Waals surface area contributed by atoms with E-state index in [1.807, 2.05) is 12.1 Å². The van der Waals surface area contributed by atoms with Crippen molar-refractivity contribution >= 4 is 21.5 Å². The molecule has 3 heterocycles. The summed E-state index contributed by atoms with van der Waals surface area (Å²) in [5.41, 5.74) is 3.14. The van der Waals surface area contributed by atoms with E-state index >= 15 is 0 Å². The van der Waals surface area contributed by atoms with Crippen LogP contribution in [0.3, 0.4) is 0 Å². The van der Waals surface area contributed by atoms with E-state index in [1.54, 1.807) is 0 Å². The van der Waals surface area contributed by atoms with Gasteiger partial charge in [-0.2, -0.15) is 0 Å². The molecular formula is C28H35N3O5S. The van der Waals surface area contributed by atoms with Crippen molar-refractivity contribution in [2.24, 2.45) is 4.99 Å². The molecule has 2 aromatic carbocycles. The van der Waals surface area contributed by atoms with Gasteiger partial charge < -0.3 is 19.3 Å². The van der Waals surface area contributed by atoms with Crippen molar-refractivity contribution in [3.63, 3.8) is 0 Å². The molecule has 5 rings (SSSR count). The van der Waals surface area contributed by atoms with Gasteiger partial charge in [-0.1, -0.05) is 6.58 Å². The van der Waals surface area contributed by atoms with Crippen LogP contribution in [0, 0.1) is 0 Å². The predicted octanol–water partition coefficient (Wildman–Crippen LogP) is 3.67. The van der Waals surface area contributed by atoms with Crippen LogP contribution >= 0.6 is 0 Å². The Labute approximate surface area is 218 Å². The summed E-state index contributed by atoms with van der Waals surface area (Å²) in [6.07, 6.45) is 3.78. The van der Waals surface area contributed by atoms with Crippen LogP contribution in [0.1, 0.15) is 63.5 Å². The molecule has 0 saturated carbocycles. The Hall–Kier alpha value is -2.91. The van der Waals surface area contributed by atoms with Crippen LogP contribution in [0.15, 0.2) is 41.6 Å². The number of aliphatic hydroxyl groups is 1. The summed E-state index contributed by atoms with van der Waals surface area (Å²) in [5, 5.41) is 11.6. The number of allylic oxidation sites excluding steroid dienone is 1. The summed E-state index contributed by atoms with van der Waals surface area (Å²) in [4.78, 5) is 7.15. The standard InChI is InChI=1S/C28H35N3O5S/c1-5-30-10-7-9-19-12-22-26(14-24(19)30)36-27-15-25-21(13-23(27)29-22)20(17-37(33,34)35)16-28(3,4)31(25)11-6-8-18(2)32/h12-15,20H,2,5-11,16-17H2,1,3-4H3,(H-,32,33,34,35). The van der Waals surface area contributed by atoms with Gasteiger partial charge in [0.05, 0.1) is 21.9 Å². The molecule has 0 aliphatic carbocycles. The normalized spacial score (nSPS) is 19.6. The fraction of sp³-hybridized carbons (Fsp3) is 0.500. The Morgan fingerprint density at radius 3 is 2.78 bits per heavy atom. The maximum atomic E-state index is 11.8. The van der Waals surface area contributed by atoms with Crippen LogP contribution in [-0.4, -0.2) is 49.0 Å². The number of rotatable bonds is 7. The summed E-state index contributed by atoms with van der Waals surface area (Å²) in [6, 6.07) is 8.02. The van der Waals surface area contributed by atoms with Crippen LogP contribution in [0.2, 0.25) is 0 Å². The summed E-state index contributed by atoms with van der Waals surface area (Å²) in [6.45, 7) is 12.5. The second kappa shape index (κ2) is 9.44. The van der Waals surface area contributed by atoms with Crippen molar-refractivity contribution in [2.45, 2.75) is 64.3 Å². The molecule has 0 aromatic heterocycles. The molecule has 0 radical (unpaired) electrons. The molecule has 9 heteroatoms. The number of aliphatic hydroxyl groups excluding tert-OH is 1. The summed E-state index contributed by atoms with van der Waals surface area (Å²) < 4.78 is 44.3. The Morgan fingerprint density at radius 1 is 1.30 bits per heavy atom. The van der Waals surface area contributed by atoms with Crippen molar-refractivity contribution in [1.29, 1.82) is 0 Å². The Morgan fingerprint density at radius 2 is 2.08 bits per heavy atom. The third kappa shape index (κ3) is 5.11. The van der Waals surface area contributed by atoms with Crippen LogP contribution in [-0.2, 0) is 16.5 Å². The van der Waals surface area contributed by atoms with Gasteiger partial charge in [0.25, 0.3) is 0 Å². The topological polar surface area (TPSA) is 105 Å². The van der Waals surface area contributed by atoms with Crippen molar-refractivity contribution in [2.75, 3.05) is 30.3 Å². The molecule has 0 spiro atoms. The minimum atomic E-state index is -4.43. The maximum Gasteiger partial charge on any atom is 0.207 e. The number of ether oxygens (including phenoxy) is 1. The number of nitrogens with zero attached hydrogens (tertiary/aromatic N) is 3. The number of hydrogen-bond donors (Lipinski definition) is 1. The lowest BCUT2D eigenvalue weighted by Crippen LogP contribution is -2.50. The first-order valence-electron chi connectivity index (χ1n) is 13.0. The van der Waals surface area contributed by atoms with Crippen LogP contribution in [0.4, 0.5) is 11.4 Å². The molecule has 1 atom stereocenters. The lowest BCUT2D eigenvalue weighted by Gasteiger charge is -2.48. The molecule has 3 aliphatic heterocycles. The zero-order valence-electron chi connectivity index (χ0n) is 21.8. The third-order valence-corrected chi connectivity index (χ3v) is 8.60. The number of anilines is 1. The van der Waals surface area contributed by atoms with E-state index in [-0.39, 0.29) is 5.76 Å². The second-order valence-corrected chi connectivity index (χ2v) is 12.4. The average molecular weight is 526 g/mol. The van der Waals surface area contributed by atoms with E-state index in [4.69, 9.17) is 9.73 Å². The maximum absolute atomic E-state index is 11.8. The zero-order chi connectivity index (χ0) is 26.5.